The first-order valence-electron chi connectivity index (χ1n) is 9.80. The van der Waals surface area contributed by atoms with E-state index in [1.807, 2.05) is 30.3 Å². The lowest BCUT2D eigenvalue weighted by molar-refractivity contribution is 0.102. The van der Waals surface area contributed by atoms with Crippen LogP contribution >= 0.6 is 0 Å². The van der Waals surface area contributed by atoms with Gasteiger partial charge in [-0.3, -0.25) is 10.2 Å². The molecule has 0 aliphatic rings. The Hall–Kier alpha value is -4.72. The SMILES string of the molecule is N=C(c1ccc(C(=O)Nc2ccccn2)cc1)c1c(N)ncc(Nc2ccccc2)c1N. The van der Waals surface area contributed by atoms with Crippen LogP contribution in [0.1, 0.15) is 21.5 Å². The van der Waals surface area contributed by atoms with Crippen LogP contribution in [0.15, 0.2) is 85.2 Å². The van der Waals surface area contributed by atoms with Crippen molar-refractivity contribution in [3.63, 3.8) is 0 Å². The Kier molecular flexibility index (Phi) is 5.76. The number of nitrogens with one attached hydrogen (secondary N) is 3. The molecule has 0 aliphatic carbocycles. The van der Waals surface area contributed by atoms with Crippen LogP contribution in [0.25, 0.3) is 0 Å². The van der Waals surface area contributed by atoms with Gasteiger partial charge in [-0.2, -0.15) is 0 Å². The number of nitrogens with zero attached hydrogens (tertiary/aromatic N) is 2. The van der Waals surface area contributed by atoms with Gasteiger partial charge in [-0.15, -0.1) is 0 Å². The van der Waals surface area contributed by atoms with E-state index in [0.29, 0.717) is 33.9 Å². The number of hydrogen-bond acceptors (Lipinski definition) is 7. The molecule has 0 unspecified atom stereocenters. The second-order valence-electron chi connectivity index (χ2n) is 6.96. The fourth-order valence-electron chi connectivity index (χ4n) is 3.14. The number of para-hydroxylation sites is 1. The first-order chi connectivity index (χ1) is 15.5. The van der Waals surface area contributed by atoms with Gasteiger partial charge in [0.1, 0.15) is 11.6 Å². The van der Waals surface area contributed by atoms with Crippen molar-refractivity contribution in [2.24, 2.45) is 0 Å². The summed E-state index contributed by atoms with van der Waals surface area (Å²) in [6.07, 6.45) is 3.14. The van der Waals surface area contributed by atoms with Gasteiger partial charge in [0.2, 0.25) is 0 Å². The molecule has 8 nitrogen and oxygen atoms in total. The smallest absolute Gasteiger partial charge is 0.256 e. The summed E-state index contributed by atoms with van der Waals surface area (Å²) in [7, 11) is 0. The molecule has 0 saturated heterocycles. The maximum atomic E-state index is 12.4. The molecule has 2 aromatic carbocycles. The zero-order chi connectivity index (χ0) is 22.5. The highest BCUT2D eigenvalue weighted by Crippen LogP contribution is 2.30. The van der Waals surface area contributed by atoms with Crippen molar-refractivity contribution >= 4 is 40.3 Å². The van der Waals surface area contributed by atoms with Crippen molar-refractivity contribution < 1.29 is 4.79 Å². The largest absolute Gasteiger partial charge is 0.396 e. The van der Waals surface area contributed by atoms with Crippen molar-refractivity contribution in [1.82, 2.24) is 9.97 Å². The lowest BCUT2D eigenvalue weighted by atomic mass is 9.99. The van der Waals surface area contributed by atoms with Gasteiger partial charge in [-0.1, -0.05) is 36.4 Å². The van der Waals surface area contributed by atoms with Gasteiger partial charge in [0.15, 0.2) is 0 Å². The number of aromatic nitrogens is 2. The van der Waals surface area contributed by atoms with Crippen LogP contribution in [-0.4, -0.2) is 21.6 Å². The number of hydrogen-bond donors (Lipinski definition) is 5. The molecule has 1 amide bonds. The third kappa shape index (κ3) is 4.39. The Bertz CT molecular complexity index is 1260. The number of pyridine rings is 2. The predicted octanol–water partition coefficient (Wildman–Crippen LogP) is 4.05. The summed E-state index contributed by atoms with van der Waals surface area (Å²) in [6.45, 7) is 0. The van der Waals surface area contributed by atoms with Gasteiger partial charge in [-0.05, 0) is 36.4 Å². The normalized spacial score (nSPS) is 10.4. The van der Waals surface area contributed by atoms with Crippen LogP contribution in [0.4, 0.5) is 28.7 Å². The zero-order valence-electron chi connectivity index (χ0n) is 17.0. The van der Waals surface area contributed by atoms with Crippen LogP contribution in [-0.2, 0) is 0 Å². The minimum atomic E-state index is -0.295. The van der Waals surface area contributed by atoms with Gasteiger partial charge in [0.25, 0.3) is 5.91 Å². The Balaban J connectivity index is 1.56. The molecule has 0 atom stereocenters. The van der Waals surface area contributed by atoms with E-state index >= 15 is 0 Å². The first kappa shape index (κ1) is 20.5. The first-order valence-corrected chi connectivity index (χ1v) is 9.80. The molecule has 4 aromatic rings. The van der Waals surface area contributed by atoms with Crippen molar-refractivity contribution in [2.45, 2.75) is 0 Å². The molecular weight excluding hydrogens is 402 g/mol. The third-order valence-corrected chi connectivity index (χ3v) is 4.79. The summed E-state index contributed by atoms with van der Waals surface area (Å²) in [5.41, 5.74) is 15.5. The van der Waals surface area contributed by atoms with Crippen molar-refractivity contribution in [3.05, 3.63) is 102 Å². The molecule has 4 rings (SSSR count). The molecule has 8 heteroatoms. The molecule has 2 aromatic heterocycles. The number of carbonyl (C=O) groups is 1. The van der Waals surface area contributed by atoms with Gasteiger partial charge >= 0.3 is 0 Å². The minimum absolute atomic E-state index is 0.112. The lowest BCUT2D eigenvalue weighted by Crippen LogP contribution is -2.14. The quantitative estimate of drug-likeness (QED) is 0.296. The molecule has 32 heavy (non-hydrogen) atoms. The highest BCUT2D eigenvalue weighted by Gasteiger charge is 2.17. The summed E-state index contributed by atoms with van der Waals surface area (Å²) in [5, 5.41) is 14.6. The molecule has 0 aliphatic heterocycles. The monoisotopic (exact) mass is 423 g/mol. The second kappa shape index (κ2) is 8.97. The number of nitrogen functional groups attached to an aromatic ring is 2. The highest BCUT2D eigenvalue weighted by atomic mass is 16.1. The Morgan fingerprint density at radius 2 is 1.53 bits per heavy atom. The van der Waals surface area contributed by atoms with E-state index in [2.05, 4.69) is 20.6 Å². The van der Waals surface area contributed by atoms with Crippen molar-refractivity contribution in [1.29, 1.82) is 5.41 Å². The zero-order valence-corrected chi connectivity index (χ0v) is 17.0. The minimum Gasteiger partial charge on any atom is -0.396 e. The maximum absolute atomic E-state index is 12.4. The van der Waals surface area contributed by atoms with Crippen LogP contribution in [0.3, 0.4) is 0 Å². The summed E-state index contributed by atoms with van der Waals surface area (Å²) in [6, 6.07) is 21.4. The number of carbonyl (C=O) groups excluding carboxylic acids is 1. The number of benzene rings is 2. The Morgan fingerprint density at radius 1 is 0.844 bits per heavy atom. The molecular formula is C24H21N7O. The van der Waals surface area contributed by atoms with Crippen LogP contribution in [0, 0.1) is 5.41 Å². The average molecular weight is 423 g/mol. The van der Waals surface area contributed by atoms with E-state index in [1.165, 1.54) is 0 Å². The van der Waals surface area contributed by atoms with E-state index in [9.17, 15) is 4.79 Å². The van der Waals surface area contributed by atoms with Gasteiger partial charge in [-0.25, -0.2) is 9.97 Å². The predicted molar refractivity (Wildman–Crippen MR) is 127 cm³/mol. The molecule has 158 valence electrons. The summed E-state index contributed by atoms with van der Waals surface area (Å²) in [4.78, 5) is 20.7. The second-order valence-corrected chi connectivity index (χ2v) is 6.96. The van der Waals surface area contributed by atoms with Crippen LogP contribution in [0.5, 0.6) is 0 Å². The van der Waals surface area contributed by atoms with Gasteiger partial charge in [0.05, 0.1) is 28.8 Å². The number of amides is 1. The molecule has 0 fully saturated rings. The van der Waals surface area contributed by atoms with E-state index in [-0.39, 0.29) is 17.4 Å². The fourth-order valence-corrected chi connectivity index (χ4v) is 3.14. The molecule has 7 N–H and O–H groups in total. The molecule has 0 saturated carbocycles. The van der Waals surface area contributed by atoms with E-state index < -0.39 is 0 Å². The number of rotatable bonds is 6. The van der Waals surface area contributed by atoms with E-state index in [0.717, 1.165) is 5.69 Å². The summed E-state index contributed by atoms with van der Waals surface area (Å²) >= 11 is 0. The summed E-state index contributed by atoms with van der Waals surface area (Å²) < 4.78 is 0. The van der Waals surface area contributed by atoms with E-state index in [4.69, 9.17) is 16.9 Å². The van der Waals surface area contributed by atoms with Crippen LogP contribution in [0.2, 0.25) is 0 Å². The van der Waals surface area contributed by atoms with Crippen LogP contribution < -0.4 is 22.1 Å². The highest BCUT2D eigenvalue weighted by molar-refractivity contribution is 6.18. The van der Waals surface area contributed by atoms with Crippen molar-refractivity contribution in [3.8, 4) is 0 Å². The van der Waals surface area contributed by atoms with E-state index in [1.54, 1.807) is 54.9 Å². The Morgan fingerprint density at radius 3 is 2.22 bits per heavy atom. The third-order valence-electron chi connectivity index (χ3n) is 4.79. The van der Waals surface area contributed by atoms with Gasteiger partial charge < -0.3 is 22.1 Å². The topological polar surface area (TPSA) is 143 Å². The molecule has 0 bridgehead atoms. The van der Waals surface area contributed by atoms with Crippen molar-refractivity contribution in [2.75, 3.05) is 22.1 Å². The molecule has 0 spiro atoms. The molecule has 0 radical (unpaired) electrons. The number of anilines is 5. The number of nitrogens with two attached hydrogens (primary N) is 2. The lowest BCUT2D eigenvalue weighted by Gasteiger charge is -2.15. The average Bonchev–Trinajstić information content (AvgIpc) is 2.82. The van der Waals surface area contributed by atoms with Gasteiger partial charge in [0, 0.05) is 23.0 Å². The maximum Gasteiger partial charge on any atom is 0.256 e. The standard InChI is InChI=1S/C24H21N7O/c25-21(15-9-11-16(12-10-15)24(32)31-19-8-4-5-13-28-19)20-22(26)18(14-29-23(20)27)30-17-6-2-1-3-7-17/h1-14,25,30H,(H4,26,27,29)(H,28,31,32). The molecule has 2 heterocycles. The summed E-state index contributed by atoms with van der Waals surface area (Å²) in [5.74, 6) is 0.322. The fraction of sp³-hybridized carbons (Fsp3) is 0. The Labute approximate surface area is 184 Å².